The van der Waals surface area contributed by atoms with Gasteiger partial charge in [-0.3, -0.25) is 0 Å². The average molecular weight is 616 g/mol. The number of fused-ring (bicyclic) bond motifs is 4. The van der Waals surface area contributed by atoms with Gasteiger partial charge in [0.15, 0.2) is 17.5 Å². The van der Waals surface area contributed by atoms with Gasteiger partial charge >= 0.3 is 0 Å². The maximum atomic E-state index is 9.23. The standard InChI is InChI=1S/C43H27N3O/c1-2-9-28(10-3-1)30-17-19-31(20-18-30)32-21-24-33(25-22-32)41-44-42(35-26-23-29-11-4-5-12-34(29)27-35)46-43(45-41)37-14-8-16-39-40(37)36-13-6-7-15-38(36)47-39/h1-27H/i4D,5D,6D,7D,8D,11D,12D,13D,14D,15D,16D,23D,26D,27D. The third-order valence-corrected chi connectivity index (χ3v) is 7.75. The summed E-state index contributed by atoms with van der Waals surface area (Å²) in [5.74, 6) is -0.836. The topological polar surface area (TPSA) is 51.8 Å². The zero-order chi connectivity index (χ0) is 43.3. The van der Waals surface area contributed by atoms with Crippen LogP contribution >= 0.6 is 0 Å². The maximum Gasteiger partial charge on any atom is 0.164 e. The van der Waals surface area contributed by atoms with Crippen molar-refractivity contribution in [3.05, 3.63) is 163 Å². The quantitative estimate of drug-likeness (QED) is 0.193. The lowest BCUT2D eigenvalue weighted by Crippen LogP contribution is -2.00. The van der Waals surface area contributed by atoms with Crippen LogP contribution in [-0.2, 0) is 0 Å². The van der Waals surface area contributed by atoms with E-state index in [0.717, 1.165) is 22.3 Å². The molecule has 0 bridgehead atoms. The van der Waals surface area contributed by atoms with Crippen molar-refractivity contribution in [2.24, 2.45) is 0 Å². The van der Waals surface area contributed by atoms with Crippen LogP contribution in [0.25, 0.3) is 89.1 Å². The van der Waals surface area contributed by atoms with E-state index in [4.69, 9.17) is 27.2 Å². The smallest absolute Gasteiger partial charge is 0.164 e. The van der Waals surface area contributed by atoms with Crippen LogP contribution in [0.5, 0.6) is 0 Å². The van der Waals surface area contributed by atoms with Crippen LogP contribution in [0.15, 0.2) is 168 Å². The van der Waals surface area contributed by atoms with Crippen molar-refractivity contribution in [1.82, 2.24) is 15.0 Å². The normalized spacial score (nSPS) is 15.6. The zero-order valence-electron chi connectivity index (χ0n) is 38.3. The van der Waals surface area contributed by atoms with E-state index in [1.54, 1.807) is 12.1 Å². The van der Waals surface area contributed by atoms with Crippen LogP contribution in [-0.4, -0.2) is 15.0 Å². The number of rotatable bonds is 5. The van der Waals surface area contributed by atoms with Crippen molar-refractivity contribution in [3.8, 4) is 56.4 Å². The minimum Gasteiger partial charge on any atom is -0.456 e. The van der Waals surface area contributed by atoms with Gasteiger partial charge in [-0.2, -0.15) is 0 Å². The fraction of sp³-hybridized carbons (Fsp3) is 0. The van der Waals surface area contributed by atoms with Gasteiger partial charge in [0, 0.05) is 27.5 Å². The Morgan fingerprint density at radius 2 is 1.00 bits per heavy atom. The summed E-state index contributed by atoms with van der Waals surface area (Å²) in [6, 6.07) is 16.5. The van der Waals surface area contributed by atoms with Crippen molar-refractivity contribution in [2.75, 3.05) is 0 Å². The molecule has 0 saturated carbocycles. The summed E-state index contributed by atoms with van der Waals surface area (Å²) in [5.41, 5.74) is 2.89. The van der Waals surface area contributed by atoms with Crippen molar-refractivity contribution >= 4 is 32.7 Å². The highest BCUT2D eigenvalue weighted by Gasteiger charge is 2.18. The largest absolute Gasteiger partial charge is 0.456 e. The molecule has 0 unspecified atom stereocenters. The zero-order valence-corrected chi connectivity index (χ0v) is 24.3. The highest BCUT2D eigenvalue weighted by molar-refractivity contribution is 6.11. The molecule has 0 amide bonds. The molecule has 4 nitrogen and oxygen atoms in total. The third kappa shape index (κ3) is 4.93. The lowest BCUT2D eigenvalue weighted by molar-refractivity contribution is 0.669. The predicted molar refractivity (Wildman–Crippen MR) is 192 cm³/mol. The highest BCUT2D eigenvalue weighted by atomic mass is 16.3. The molecule has 0 spiro atoms. The third-order valence-electron chi connectivity index (χ3n) is 7.75. The number of para-hydroxylation sites is 1. The Labute approximate surface area is 291 Å². The molecule has 2 aromatic heterocycles. The molecule has 220 valence electrons. The van der Waals surface area contributed by atoms with Crippen molar-refractivity contribution in [3.63, 3.8) is 0 Å². The van der Waals surface area contributed by atoms with Gasteiger partial charge in [-0.15, -0.1) is 0 Å². The van der Waals surface area contributed by atoms with E-state index in [2.05, 4.69) is 9.97 Å². The fourth-order valence-electron chi connectivity index (χ4n) is 5.45. The van der Waals surface area contributed by atoms with Gasteiger partial charge in [-0.25, -0.2) is 15.0 Å². The molecule has 2 heterocycles. The molecule has 0 fully saturated rings. The molecule has 0 radical (unpaired) electrons. The predicted octanol–water partition coefficient (Wildman–Crippen LogP) is 11.3. The molecule has 0 aliphatic heterocycles. The van der Waals surface area contributed by atoms with E-state index in [1.807, 2.05) is 66.7 Å². The number of benzene rings is 7. The molecular weight excluding hydrogens is 574 g/mol. The summed E-state index contributed by atoms with van der Waals surface area (Å²) in [5, 5.41) is -1.04. The lowest BCUT2D eigenvalue weighted by Gasteiger charge is -2.10. The Balaban J connectivity index is 1.32. The SMILES string of the molecule is [2H]c1c([2H])c([2H])c2c(oc3c([2H])c([2H])c([2H])c(-c4nc(-c5ccc(-c6ccc(-c7ccccc7)cc6)cc5)nc(-c5c([2H])c([2H])c6c([2H])c([2H])c([2H])c([2H])c6c5[2H])n4)c32)c1[2H]. The van der Waals surface area contributed by atoms with Crippen LogP contribution in [0.1, 0.15) is 19.2 Å². The minimum absolute atomic E-state index is 0.0740. The first kappa shape index (κ1) is 16.3. The molecule has 0 N–H and O–H groups in total. The first-order chi connectivity index (χ1) is 29.1. The summed E-state index contributed by atoms with van der Waals surface area (Å²) in [7, 11) is 0. The monoisotopic (exact) mass is 615 g/mol. The molecular formula is C43H27N3O. The summed E-state index contributed by atoms with van der Waals surface area (Å²) >= 11 is 0. The number of furan rings is 1. The molecule has 9 rings (SSSR count). The summed E-state index contributed by atoms with van der Waals surface area (Å²) in [6.45, 7) is 0. The van der Waals surface area contributed by atoms with Gasteiger partial charge in [0.2, 0.25) is 0 Å². The van der Waals surface area contributed by atoms with E-state index in [-0.39, 0.29) is 49.9 Å². The molecule has 9 aromatic rings. The second kappa shape index (κ2) is 11.2. The molecule has 7 aromatic carbocycles. The number of aromatic nitrogens is 3. The van der Waals surface area contributed by atoms with Crippen LogP contribution < -0.4 is 0 Å². The van der Waals surface area contributed by atoms with Crippen LogP contribution in [0.2, 0.25) is 0 Å². The number of hydrogen-bond acceptors (Lipinski definition) is 4. The van der Waals surface area contributed by atoms with Crippen LogP contribution in [0.4, 0.5) is 0 Å². The van der Waals surface area contributed by atoms with Crippen molar-refractivity contribution < 1.29 is 23.6 Å². The van der Waals surface area contributed by atoms with Gasteiger partial charge in [0.25, 0.3) is 0 Å². The average Bonchev–Trinajstić information content (AvgIpc) is 3.67. The van der Waals surface area contributed by atoms with Gasteiger partial charge in [-0.05, 0) is 51.2 Å². The van der Waals surface area contributed by atoms with Crippen LogP contribution in [0.3, 0.4) is 0 Å². The highest BCUT2D eigenvalue weighted by Crippen LogP contribution is 2.37. The second-order valence-corrected chi connectivity index (χ2v) is 10.6. The molecule has 4 heteroatoms. The lowest BCUT2D eigenvalue weighted by atomic mass is 9.99. The van der Waals surface area contributed by atoms with E-state index in [0.29, 0.717) is 5.56 Å². The molecule has 0 saturated heterocycles. The Morgan fingerprint density at radius 3 is 1.74 bits per heavy atom. The van der Waals surface area contributed by atoms with E-state index >= 15 is 0 Å². The Bertz CT molecular complexity index is 3340. The second-order valence-electron chi connectivity index (χ2n) is 10.6. The fourth-order valence-corrected chi connectivity index (χ4v) is 5.45. The maximum absolute atomic E-state index is 9.23. The number of nitrogens with zero attached hydrogens (tertiary/aromatic N) is 3. The summed E-state index contributed by atoms with van der Waals surface area (Å²) in [4.78, 5) is 13.9. The Hall–Kier alpha value is -6.39. The minimum atomic E-state index is -0.656. The Morgan fingerprint density at radius 1 is 0.426 bits per heavy atom. The van der Waals surface area contributed by atoms with Crippen molar-refractivity contribution in [1.29, 1.82) is 0 Å². The van der Waals surface area contributed by atoms with Gasteiger partial charge in [0.1, 0.15) is 11.2 Å². The first-order valence-corrected chi connectivity index (χ1v) is 14.6. The van der Waals surface area contributed by atoms with E-state index in [9.17, 15) is 1.37 Å². The van der Waals surface area contributed by atoms with E-state index in [1.165, 1.54) is 0 Å². The Kier molecular flexibility index (Phi) is 3.87. The summed E-state index contributed by atoms with van der Waals surface area (Å²) < 4.78 is 127. The van der Waals surface area contributed by atoms with Crippen molar-refractivity contribution in [2.45, 2.75) is 0 Å². The molecule has 47 heavy (non-hydrogen) atoms. The van der Waals surface area contributed by atoms with Gasteiger partial charge in [0.05, 0.1) is 19.2 Å². The first-order valence-electron chi connectivity index (χ1n) is 21.6. The summed E-state index contributed by atoms with van der Waals surface area (Å²) in [6.07, 6.45) is 0. The molecule has 0 aliphatic rings. The van der Waals surface area contributed by atoms with Crippen LogP contribution in [0, 0.1) is 0 Å². The van der Waals surface area contributed by atoms with E-state index < -0.39 is 96.0 Å². The van der Waals surface area contributed by atoms with Gasteiger partial charge < -0.3 is 4.42 Å². The molecule has 0 atom stereocenters. The van der Waals surface area contributed by atoms with Gasteiger partial charge in [-0.1, -0.05) is 145 Å². The molecule has 0 aliphatic carbocycles. The number of hydrogen-bond donors (Lipinski definition) is 0.